The fourth-order valence-corrected chi connectivity index (χ4v) is 5.68. The minimum absolute atomic E-state index is 0.0269. The standard InChI is InChI=1S/C24H29Cl2N7O/c1-23(3-4-23)33-21(26)19(14-28-33)30-22-27-13-16-11-17(25)20(12-18(16)29-22)31-6-8-32(9-7-31)24(2)5-10-34-15-24/h11-14H,3-10,15H2,1-2H3,(H,27,29,30). The van der Waals surface area contributed by atoms with Gasteiger partial charge in [0.2, 0.25) is 5.95 Å². The first-order valence-corrected chi connectivity index (χ1v) is 12.7. The van der Waals surface area contributed by atoms with Crippen LogP contribution in [-0.2, 0) is 10.3 Å². The van der Waals surface area contributed by atoms with Crippen LogP contribution >= 0.6 is 23.2 Å². The summed E-state index contributed by atoms with van der Waals surface area (Å²) < 4.78 is 7.55. The molecule has 1 N–H and O–H groups in total. The molecular weight excluding hydrogens is 473 g/mol. The number of benzene rings is 1. The van der Waals surface area contributed by atoms with E-state index < -0.39 is 0 Å². The SMILES string of the molecule is CC1(N2CCN(c3cc4nc(Nc5cnn(C6(C)CC6)c5Cl)ncc4cc3Cl)CC2)CCOC1. The van der Waals surface area contributed by atoms with Crippen molar-refractivity contribution >= 4 is 51.4 Å². The molecule has 1 atom stereocenters. The number of ether oxygens (including phenoxy) is 1. The second-order valence-electron chi connectivity index (χ2n) is 10.2. The zero-order valence-electron chi connectivity index (χ0n) is 19.5. The Bertz CT molecular complexity index is 1230. The number of hydrogen-bond donors (Lipinski definition) is 1. The number of aromatic nitrogens is 4. The summed E-state index contributed by atoms with van der Waals surface area (Å²) in [7, 11) is 0. The second-order valence-corrected chi connectivity index (χ2v) is 11.0. The number of anilines is 3. The van der Waals surface area contributed by atoms with Gasteiger partial charge in [-0.15, -0.1) is 0 Å². The lowest BCUT2D eigenvalue weighted by molar-refractivity contribution is 0.0745. The fourth-order valence-electron chi connectivity index (χ4n) is 5.04. The van der Waals surface area contributed by atoms with Crippen molar-refractivity contribution in [3.8, 4) is 0 Å². The van der Waals surface area contributed by atoms with Crippen LogP contribution in [0.5, 0.6) is 0 Å². The molecule has 8 nitrogen and oxygen atoms in total. The predicted octanol–water partition coefficient (Wildman–Crippen LogP) is 4.69. The lowest BCUT2D eigenvalue weighted by Gasteiger charge is -2.44. The van der Waals surface area contributed by atoms with Crippen molar-refractivity contribution < 1.29 is 4.74 Å². The summed E-state index contributed by atoms with van der Waals surface area (Å²) in [5.74, 6) is 0.488. The number of halogens is 2. The van der Waals surface area contributed by atoms with Crippen LogP contribution in [0, 0.1) is 0 Å². The Morgan fingerprint density at radius 1 is 1.00 bits per heavy atom. The molecule has 0 amide bonds. The summed E-state index contributed by atoms with van der Waals surface area (Å²) in [6.45, 7) is 9.97. The van der Waals surface area contributed by atoms with Crippen LogP contribution in [-0.4, -0.2) is 69.6 Å². The van der Waals surface area contributed by atoms with Crippen molar-refractivity contribution in [2.24, 2.45) is 0 Å². The van der Waals surface area contributed by atoms with Crippen LogP contribution in [0.2, 0.25) is 10.2 Å². The molecule has 2 aromatic heterocycles. The topological polar surface area (TPSA) is 71.3 Å². The van der Waals surface area contributed by atoms with E-state index >= 15 is 0 Å². The van der Waals surface area contributed by atoms with Gasteiger partial charge in [-0.25, -0.2) is 14.6 Å². The average Bonchev–Trinajstić information content (AvgIpc) is 3.23. The molecule has 6 rings (SSSR count). The van der Waals surface area contributed by atoms with Gasteiger partial charge in [0.15, 0.2) is 5.15 Å². The average molecular weight is 502 g/mol. The third kappa shape index (κ3) is 3.90. The van der Waals surface area contributed by atoms with Crippen molar-refractivity contribution in [2.75, 3.05) is 49.6 Å². The van der Waals surface area contributed by atoms with E-state index in [2.05, 4.69) is 45.1 Å². The van der Waals surface area contributed by atoms with E-state index in [-0.39, 0.29) is 11.1 Å². The molecule has 3 aromatic rings. The maximum Gasteiger partial charge on any atom is 0.227 e. The van der Waals surface area contributed by atoms with Gasteiger partial charge in [-0.2, -0.15) is 5.10 Å². The third-order valence-electron chi connectivity index (χ3n) is 7.67. The summed E-state index contributed by atoms with van der Waals surface area (Å²) >= 11 is 13.3. The van der Waals surface area contributed by atoms with E-state index in [0.717, 1.165) is 80.3 Å². The highest BCUT2D eigenvalue weighted by Crippen LogP contribution is 2.45. The first-order chi connectivity index (χ1) is 16.3. The maximum absolute atomic E-state index is 6.69. The highest BCUT2D eigenvalue weighted by atomic mass is 35.5. The smallest absolute Gasteiger partial charge is 0.227 e. The molecule has 1 aliphatic carbocycles. The molecule has 4 heterocycles. The molecule has 10 heteroatoms. The Labute approximate surface area is 209 Å². The van der Waals surface area contributed by atoms with Gasteiger partial charge in [0.05, 0.1) is 40.3 Å². The highest BCUT2D eigenvalue weighted by Gasteiger charge is 2.42. The van der Waals surface area contributed by atoms with Gasteiger partial charge >= 0.3 is 0 Å². The van der Waals surface area contributed by atoms with Gasteiger partial charge in [0, 0.05) is 49.9 Å². The van der Waals surface area contributed by atoms with E-state index in [1.807, 2.05) is 10.7 Å². The zero-order chi connectivity index (χ0) is 23.5. The van der Waals surface area contributed by atoms with Crippen LogP contribution in [0.25, 0.3) is 10.9 Å². The molecule has 180 valence electrons. The van der Waals surface area contributed by atoms with E-state index in [0.29, 0.717) is 16.8 Å². The second kappa shape index (κ2) is 8.22. The van der Waals surface area contributed by atoms with Crippen LogP contribution < -0.4 is 10.2 Å². The number of nitrogens with zero attached hydrogens (tertiary/aromatic N) is 6. The van der Waals surface area contributed by atoms with Crippen molar-refractivity contribution in [2.45, 2.75) is 44.2 Å². The molecule has 1 aromatic carbocycles. The van der Waals surface area contributed by atoms with E-state index in [1.54, 1.807) is 12.4 Å². The lowest BCUT2D eigenvalue weighted by Crippen LogP contribution is -2.56. The normalized spacial score (nSPS) is 24.6. The van der Waals surface area contributed by atoms with Gasteiger partial charge in [-0.1, -0.05) is 23.2 Å². The van der Waals surface area contributed by atoms with Crippen molar-refractivity contribution in [1.29, 1.82) is 0 Å². The summed E-state index contributed by atoms with van der Waals surface area (Å²) in [5, 5.41) is 9.91. The van der Waals surface area contributed by atoms with E-state index in [4.69, 9.17) is 32.9 Å². The Morgan fingerprint density at radius 2 is 1.79 bits per heavy atom. The Kier molecular flexibility index (Phi) is 5.40. The zero-order valence-corrected chi connectivity index (χ0v) is 21.0. The first-order valence-electron chi connectivity index (χ1n) is 11.9. The molecule has 3 aliphatic rings. The Balaban J connectivity index is 1.22. The van der Waals surface area contributed by atoms with Crippen LogP contribution in [0.4, 0.5) is 17.3 Å². The molecule has 0 radical (unpaired) electrons. The molecule has 1 unspecified atom stereocenters. The van der Waals surface area contributed by atoms with Crippen LogP contribution in [0.3, 0.4) is 0 Å². The van der Waals surface area contributed by atoms with Crippen LogP contribution in [0.1, 0.15) is 33.1 Å². The Hall–Kier alpha value is -2.13. The highest BCUT2D eigenvalue weighted by molar-refractivity contribution is 6.34. The maximum atomic E-state index is 6.69. The predicted molar refractivity (Wildman–Crippen MR) is 136 cm³/mol. The van der Waals surface area contributed by atoms with Gasteiger partial charge in [0.1, 0.15) is 0 Å². The first kappa shape index (κ1) is 22.3. The van der Waals surface area contributed by atoms with Crippen LogP contribution in [0.15, 0.2) is 24.5 Å². The van der Waals surface area contributed by atoms with Gasteiger partial charge < -0.3 is 15.0 Å². The molecule has 2 saturated heterocycles. The minimum atomic E-state index is 0.0269. The minimum Gasteiger partial charge on any atom is -0.379 e. The molecule has 0 bridgehead atoms. The van der Waals surface area contributed by atoms with Crippen molar-refractivity contribution in [3.05, 3.63) is 34.7 Å². The monoisotopic (exact) mass is 501 g/mol. The molecule has 0 spiro atoms. The number of fused-ring (bicyclic) bond motifs is 1. The molecule has 34 heavy (non-hydrogen) atoms. The van der Waals surface area contributed by atoms with Gasteiger partial charge in [0.25, 0.3) is 0 Å². The fraction of sp³-hybridized carbons (Fsp3) is 0.542. The van der Waals surface area contributed by atoms with E-state index in [1.165, 1.54) is 0 Å². The van der Waals surface area contributed by atoms with Gasteiger partial charge in [-0.3, -0.25) is 4.90 Å². The third-order valence-corrected chi connectivity index (χ3v) is 8.34. The number of hydrogen-bond acceptors (Lipinski definition) is 7. The number of nitrogens with one attached hydrogen (secondary N) is 1. The quantitative estimate of drug-likeness (QED) is 0.543. The molecule has 1 saturated carbocycles. The van der Waals surface area contributed by atoms with Crippen molar-refractivity contribution in [1.82, 2.24) is 24.6 Å². The number of rotatable bonds is 5. The van der Waals surface area contributed by atoms with Crippen molar-refractivity contribution in [3.63, 3.8) is 0 Å². The largest absolute Gasteiger partial charge is 0.379 e. The summed E-state index contributed by atoms with van der Waals surface area (Å²) in [5.41, 5.74) is 2.74. The molecule has 3 fully saturated rings. The summed E-state index contributed by atoms with van der Waals surface area (Å²) in [4.78, 5) is 14.1. The molecular formula is C24H29Cl2N7O. The number of piperazine rings is 1. The summed E-state index contributed by atoms with van der Waals surface area (Å²) in [6.07, 6.45) is 6.80. The Morgan fingerprint density at radius 3 is 2.50 bits per heavy atom. The lowest BCUT2D eigenvalue weighted by atomic mass is 9.98. The van der Waals surface area contributed by atoms with Gasteiger partial charge in [-0.05, 0) is 45.2 Å². The van der Waals surface area contributed by atoms with E-state index in [9.17, 15) is 0 Å². The summed E-state index contributed by atoms with van der Waals surface area (Å²) in [6, 6.07) is 4.02. The molecule has 2 aliphatic heterocycles.